The Morgan fingerprint density at radius 3 is 2.67 bits per heavy atom. The van der Waals surface area contributed by atoms with Crippen LogP contribution in [0.3, 0.4) is 0 Å². The Hall–Kier alpha value is -1.09. The lowest BCUT2D eigenvalue weighted by Gasteiger charge is -2.02. The van der Waals surface area contributed by atoms with Crippen molar-refractivity contribution in [1.29, 1.82) is 0 Å². The maximum absolute atomic E-state index is 11.2. The molecule has 0 aliphatic carbocycles. The van der Waals surface area contributed by atoms with Crippen LogP contribution in [0.1, 0.15) is 32.1 Å². The minimum absolute atomic E-state index is 0.0512. The number of allylic oxidation sites excluding steroid dienone is 2. The van der Waals surface area contributed by atoms with E-state index in [1.807, 2.05) is 0 Å². The summed E-state index contributed by atoms with van der Waals surface area (Å²) in [6.45, 7) is 4.51. The van der Waals surface area contributed by atoms with Crippen molar-refractivity contribution >= 4 is 5.91 Å². The van der Waals surface area contributed by atoms with E-state index < -0.39 is 0 Å². The molecule has 3 nitrogen and oxygen atoms in total. The number of aliphatic hydroxyl groups excluding tert-OH is 1. The number of hydrogen-bond donors (Lipinski definition) is 2. The van der Waals surface area contributed by atoms with Crippen molar-refractivity contribution in [2.45, 2.75) is 32.1 Å². The Kier molecular flexibility index (Phi) is 10.2. The molecule has 0 spiro atoms. The van der Waals surface area contributed by atoms with Crippen molar-refractivity contribution in [3.05, 3.63) is 24.8 Å². The number of nitrogens with one attached hydrogen (secondary N) is 1. The first kappa shape index (κ1) is 13.9. The number of carbonyl (C=O) groups is 1. The molecule has 0 bridgehead atoms. The van der Waals surface area contributed by atoms with Gasteiger partial charge in [0.2, 0.25) is 5.91 Å². The van der Waals surface area contributed by atoms with Crippen LogP contribution in [0.4, 0.5) is 0 Å². The van der Waals surface area contributed by atoms with Crippen LogP contribution in [-0.4, -0.2) is 24.2 Å². The first-order chi connectivity index (χ1) is 7.31. The second kappa shape index (κ2) is 11.0. The van der Waals surface area contributed by atoms with Gasteiger partial charge >= 0.3 is 0 Å². The summed E-state index contributed by atoms with van der Waals surface area (Å²) >= 11 is 0. The van der Waals surface area contributed by atoms with Gasteiger partial charge < -0.3 is 10.4 Å². The Labute approximate surface area is 91.9 Å². The minimum Gasteiger partial charge on any atom is -0.396 e. The second-order valence-electron chi connectivity index (χ2n) is 3.36. The van der Waals surface area contributed by atoms with Gasteiger partial charge in [-0.25, -0.2) is 0 Å². The third-order valence-corrected chi connectivity index (χ3v) is 1.98. The van der Waals surface area contributed by atoms with Crippen LogP contribution >= 0.6 is 0 Å². The summed E-state index contributed by atoms with van der Waals surface area (Å²) < 4.78 is 0. The lowest BCUT2D eigenvalue weighted by atomic mass is 10.2. The molecule has 0 saturated heterocycles. The molecule has 0 fully saturated rings. The lowest BCUT2D eigenvalue weighted by Crippen LogP contribution is -2.23. The summed E-state index contributed by atoms with van der Waals surface area (Å²) in [5, 5.41) is 11.4. The lowest BCUT2D eigenvalue weighted by molar-refractivity contribution is -0.120. The molecule has 15 heavy (non-hydrogen) atoms. The molecule has 1 amide bonds. The van der Waals surface area contributed by atoms with Crippen molar-refractivity contribution < 1.29 is 9.90 Å². The van der Waals surface area contributed by atoms with Gasteiger partial charge in [0, 0.05) is 19.6 Å². The number of aliphatic hydroxyl groups is 1. The molecule has 0 aromatic rings. The van der Waals surface area contributed by atoms with E-state index >= 15 is 0 Å². The van der Waals surface area contributed by atoms with Crippen molar-refractivity contribution in [3.63, 3.8) is 0 Å². The Morgan fingerprint density at radius 2 is 2.00 bits per heavy atom. The van der Waals surface area contributed by atoms with E-state index in [2.05, 4.69) is 11.9 Å². The van der Waals surface area contributed by atoms with Crippen LogP contribution in [0.15, 0.2) is 24.8 Å². The summed E-state index contributed by atoms with van der Waals surface area (Å²) in [7, 11) is 0. The number of rotatable bonds is 9. The molecule has 0 saturated carbocycles. The molecular formula is C12H21NO2. The summed E-state index contributed by atoms with van der Waals surface area (Å²) in [6, 6.07) is 0. The quantitative estimate of drug-likeness (QED) is 0.451. The fourth-order valence-electron chi connectivity index (χ4n) is 1.16. The Balaban J connectivity index is 3.23. The molecule has 0 radical (unpaired) electrons. The zero-order valence-corrected chi connectivity index (χ0v) is 9.24. The predicted molar refractivity (Wildman–Crippen MR) is 62.5 cm³/mol. The van der Waals surface area contributed by atoms with Crippen molar-refractivity contribution in [1.82, 2.24) is 5.32 Å². The summed E-state index contributed by atoms with van der Waals surface area (Å²) in [6.07, 6.45) is 9.55. The van der Waals surface area contributed by atoms with Crippen molar-refractivity contribution in [2.24, 2.45) is 0 Å². The van der Waals surface area contributed by atoms with Gasteiger partial charge in [-0.05, 0) is 12.8 Å². The normalized spacial score (nSPS) is 10.5. The number of hydrogen-bond acceptors (Lipinski definition) is 2. The summed E-state index contributed by atoms with van der Waals surface area (Å²) in [4.78, 5) is 11.2. The van der Waals surface area contributed by atoms with Gasteiger partial charge in [0.1, 0.15) is 0 Å². The van der Waals surface area contributed by atoms with E-state index in [-0.39, 0.29) is 12.5 Å². The molecular weight excluding hydrogens is 190 g/mol. The number of unbranched alkanes of at least 4 members (excludes halogenated alkanes) is 3. The predicted octanol–water partition coefficient (Wildman–Crippen LogP) is 1.79. The fraction of sp³-hybridized carbons (Fsp3) is 0.583. The number of carbonyl (C=O) groups excluding carboxylic acids is 1. The number of amides is 1. The van der Waals surface area contributed by atoms with Crippen molar-refractivity contribution in [3.8, 4) is 0 Å². The highest BCUT2D eigenvalue weighted by molar-refractivity contribution is 5.77. The van der Waals surface area contributed by atoms with Crippen LogP contribution in [0.2, 0.25) is 0 Å². The third-order valence-electron chi connectivity index (χ3n) is 1.98. The topological polar surface area (TPSA) is 49.3 Å². The van der Waals surface area contributed by atoms with Gasteiger partial charge in [-0.3, -0.25) is 4.79 Å². The van der Waals surface area contributed by atoms with Crippen LogP contribution in [-0.2, 0) is 4.79 Å². The SMILES string of the molecule is C=C/C=C/CC(=O)NCCCCCCO. The third kappa shape index (κ3) is 10.8. The molecule has 0 aliphatic heterocycles. The van der Waals surface area contributed by atoms with E-state index in [1.165, 1.54) is 0 Å². The minimum atomic E-state index is 0.0512. The highest BCUT2D eigenvalue weighted by Gasteiger charge is 1.96. The molecule has 0 aromatic heterocycles. The average molecular weight is 211 g/mol. The first-order valence-corrected chi connectivity index (χ1v) is 5.46. The van der Waals surface area contributed by atoms with Gasteiger partial charge in [0.15, 0.2) is 0 Å². The van der Waals surface area contributed by atoms with Crippen LogP contribution in [0.5, 0.6) is 0 Å². The van der Waals surface area contributed by atoms with Crippen LogP contribution in [0, 0.1) is 0 Å². The largest absolute Gasteiger partial charge is 0.396 e. The zero-order valence-electron chi connectivity index (χ0n) is 9.24. The van der Waals surface area contributed by atoms with Crippen LogP contribution in [0.25, 0.3) is 0 Å². The standard InChI is InChI=1S/C12H21NO2/c1-2-3-6-9-12(15)13-10-7-4-5-8-11-14/h2-3,6,14H,1,4-5,7-11H2,(H,13,15)/b6-3+. The van der Waals surface area contributed by atoms with E-state index in [0.717, 1.165) is 32.2 Å². The van der Waals surface area contributed by atoms with E-state index in [1.54, 1.807) is 18.2 Å². The van der Waals surface area contributed by atoms with E-state index in [0.29, 0.717) is 6.42 Å². The molecule has 3 heteroatoms. The van der Waals surface area contributed by atoms with Gasteiger partial charge in [0.25, 0.3) is 0 Å². The summed E-state index contributed by atoms with van der Waals surface area (Å²) in [5.41, 5.74) is 0. The van der Waals surface area contributed by atoms with Crippen LogP contribution < -0.4 is 5.32 Å². The van der Waals surface area contributed by atoms with E-state index in [4.69, 9.17) is 5.11 Å². The van der Waals surface area contributed by atoms with Crippen molar-refractivity contribution in [2.75, 3.05) is 13.2 Å². The molecule has 0 aromatic carbocycles. The highest BCUT2D eigenvalue weighted by Crippen LogP contribution is 1.97. The smallest absolute Gasteiger partial charge is 0.223 e. The monoisotopic (exact) mass is 211 g/mol. The maximum atomic E-state index is 11.2. The van der Waals surface area contributed by atoms with Gasteiger partial charge in [-0.2, -0.15) is 0 Å². The van der Waals surface area contributed by atoms with E-state index in [9.17, 15) is 4.79 Å². The maximum Gasteiger partial charge on any atom is 0.223 e. The zero-order chi connectivity index (χ0) is 11.4. The molecule has 2 N–H and O–H groups in total. The molecule has 0 unspecified atom stereocenters. The average Bonchev–Trinajstić information content (AvgIpc) is 2.23. The first-order valence-electron chi connectivity index (χ1n) is 5.46. The summed E-state index contributed by atoms with van der Waals surface area (Å²) in [5.74, 6) is 0.0512. The fourth-order valence-corrected chi connectivity index (χ4v) is 1.16. The molecule has 0 aliphatic rings. The molecule has 0 atom stereocenters. The van der Waals surface area contributed by atoms with Gasteiger partial charge in [-0.15, -0.1) is 0 Å². The van der Waals surface area contributed by atoms with Gasteiger partial charge in [0.05, 0.1) is 0 Å². The highest BCUT2D eigenvalue weighted by atomic mass is 16.2. The molecule has 86 valence electrons. The van der Waals surface area contributed by atoms with Gasteiger partial charge in [-0.1, -0.05) is 37.6 Å². The second-order valence-corrected chi connectivity index (χ2v) is 3.36. The Bertz CT molecular complexity index is 200. The molecule has 0 rings (SSSR count). The molecule has 0 heterocycles. The Morgan fingerprint density at radius 1 is 1.27 bits per heavy atom.